The van der Waals surface area contributed by atoms with Gasteiger partial charge in [0.15, 0.2) is 0 Å². The smallest absolute Gasteiger partial charge is 0.410 e. The molecule has 0 atom stereocenters. The lowest BCUT2D eigenvalue weighted by molar-refractivity contribution is 0.215. The van der Waals surface area contributed by atoms with E-state index in [0.717, 1.165) is 10.9 Å². The molecule has 0 aliphatic rings. The summed E-state index contributed by atoms with van der Waals surface area (Å²) in [6.45, 7) is 0. The molecule has 98 valence electrons. The van der Waals surface area contributed by atoms with Crippen molar-refractivity contribution in [3.05, 3.63) is 66.9 Å². The number of para-hydroxylation sites is 1. The molecule has 0 spiro atoms. The second-order valence-electron chi connectivity index (χ2n) is 4.24. The highest BCUT2D eigenvalue weighted by atomic mass is 16.6. The molecule has 4 nitrogen and oxygen atoms in total. The van der Waals surface area contributed by atoms with Crippen LogP contribution in [0.2, 0.25) is 0 Å². The largest absolute Gasteiger partial charge is 0.417 e. The molecule has 3 aromatic rings. The molecule has 0 radical (unpaired) electrons. The SMILES string of the molecule is O=C(Nc1ccccc1)Oc1ccc2cccnc2c1. The second kappa shape index (κ2) is 5.40. The maximum atomic E-state index is 11.8. The topological polar surface area (TPSA) is 51.2 Å². The highest BCUT2D eigenvalue weighted by molar-refractivity contribution is 5.87. The Balaban J connectivity index is 1.74. The summed E-state index contributed by atoms with van der Waals surface area (Å²) in [7, 11) is 0. The molecule has 1 heterocycles. The number of benzene rings is 2. The number of carbonyl (C=O) groups excluding carboxylic acids is 1. The van der Waals surface area contributed by atoms with E-state index >= 15 is 0 Å². The molecule has 4 heteroatoms. The van der Waals surface area contributed by atoms with E-state index in [9.17, 15) is 4.79 Å². The molecule has 0 unspecified atom stereocenters. The Hall–Kier alpha value is -2.88. The van der Waals surface area contributed by atoms with Crippen LogP contribution in [-0.2, 0) is 0 Å². The molecule has 0 saturated heterocycles. The lowest BCUT2D eigenvalue weighted by Gasteiger charge is -2.07. The predicted molar refractivity (Wildman–Crippen MR) is 77.8 cm³/mol. The van der Waals surface area contributed by atoms with Gasteiger partial charge in [0.05, 0.1) is 5.52 Å². The molecule has 2 aromatic carbocycles. The van der Waals surface area contributed by atoms with Gasteiger partial charge in [0, 0.05) is 23.3 Å². The number of carbonyl (C=O) groups is 1. The zero-order valence-electron chi connectivity index (χ0n) is 10.6. The first kappa shape index (κ1) is 12.2. The number of nitrogens with zero attached hydrogens (tertiary/aromatic N) is 1. The van der Waals surface area contributed by atoms with Crippen molar-refractivity contribution in [2.45, 2.75) is 0 Å². The van der Waals surface area contributed by atoms with Crippen LogP contribution in [0.4, 0.5) is 10.5 Å². The Bertz CT molecular complexity index is 742. The van der Waals surface area contributed by atoms with Gasteiger partial charge in [-0.2, -0.15) is 0 Å². The van der Waals surface area contributed by atoms with E-state index in [1.54, 1.807) is 30.5 Å². The molecule has 0 bridgehead atoms. The molecule has 0 aliphatic carbocycles. The predicted octanol–water partition coefficient (Wildman–Crippen LogP) is 3.85. The summed E-state index contributed by atoms with van der Waals surface area (Å²) in [5.74, 6) is 0.463. The van der Waals surface area contributed by atoms with E-state index in [1.807, 2.05) is 36.4 Å². The van der Waals surface area contributed by atoms with Crippen molar-refractivity contribution in [2.24, 2.45) is 0 Å². The number of ether oxygens (including phenoxy) is 1. The number of amides is 1. The fourth-order valence-electron chi connectivity index (χ4n) is 1.88. The maximum Gasteiger partial charge on any atom is 0.417 e. The number of anilines is 1. The standard InChI is InChI=1S/C16H12N2O2/c19-16(18-13-6-2-1-3-7-13)20-14-9-8-12-5-4-10-17-15(12)11-14/h1-11H,(H,18,19). The van der Waals surface area contributed by atoms with Crippen molar-refractivity contribution in [1.29, 1.82) is 0 Å². The molecule has 0 aliphatic heterocycles. The summed E-state index contributed by atoms with van der Waals surface area (Å²) in [5.41, 5.74) is 1.48. The zero-order valence-corrected chi connectivity index (χ0v) is 10.6. The van der Waals surface area contributed by atoms with Gasteiger partial charge in [0.2, 0.25) is 0 Å². The van der Waals surface area contributed by atoms with Gasteiger partial charge in [-0.25, -0.2) is 4.79 Å². The van der Waals surface area contributed by atoms with Crippen LogP contribution in [0.15, 0.2) is 66.9 Å². The molecular formula is C16H12N2O2. The first-order valence-corrected chi connectivity index (χ1v) is 6.20. The van der Waals surface area contributed by atoms with Gasteiger partial charge in [-0.05, 0) is 30.3 Å². The molecule has 3 rings (SSSR count). The molecule has 1 amide bonds. The van der Waals surface area contributed by atoms with Gasteiger partial charge < -0.3 is 4.74 Å². The van der Waals surface area contributed by atoms with Crippen molar-refractivity contribution >= 4 is 22.7 Å². The Morgan fingerprint density at radius 2 is 1.85 bits per heavy atom. The van der Waals surface area contributed by atoms with Crippen LogP contribution in [0.5, 0.6) is 5.75 Å². The van der Waals surface area contributed by atoms with Crippen LogP contribution in [0.25, 0.3) is 10.9 Å². The van der Waals surface area contributed by atoms with Gasteiger partial charge in [-0.1, -0.05) is 24.3 Å². The molecule has 0 fully saturated rings. The molecule has 20 heavy (non-hydrogen) atoms. The maximum absolute atomic E-state index is 11.8. The Morgan fingerprint density at radius 1 is 1.00 bits per heavy atom. The minimum absolute atomic E-state index is 0.463. The number of aromatic nitrogens is 1. The van der Waals surface area contributed by atoms with Crippen molar-refractivity contribution in [3.8, 4) is 5.75 Å². The summed E-state index contributed by atoms with van der Waals surface area (Å²) >= 11 is 0. The van der Waals surface area contributed by atoms with Gasteiger partial charge in [-0.3, -0.25) is 10.3 Å². The van der Waals surface area contributed by atoms with Crippen molar-refractivity contribution in [3.63, 3.8) is 0 Å². The van der Waals surface area contributed by atoms with Crippen LogP contribution < -0.4 is 10.1 Å². The fraction of sp³-hybridized carbons (Fsp3) is 0. The van der Waals surface area contributed by atoms with E-state index < -0.39 is 6.09 Å². The average molecular weight is 264 g/mol. The summed E-state index contributed by atoms with van der Waals surface area (Å²) < 4.78 is 5.24. The van der Waals surface area contributed by atoms with Gasteiger partial charge >= 0.3 is 6.09 Å². The number of fused-ring (bicyclic) bond motifs is 1. The minimum Gasteiger partial charge on any atom is -0.410 e. The van der Waals surface area contributed by atoms with Crippen LogP contribution in [0, 0.1) is 0 Å². The van der Waals surface area contributed by atoms with Crippen LogP contribution in [0.1, 0.15) is 0 Å². The summed E-state index contributed by atoms with van der Waals surface area (Å²) in [5, 5.41) is 3.66. The van der Waals surface area contributed by atoms with Crippen molar-refractivity contribution in [1.82, 2.24) is 4.98 Å². The first-order valence-electron chi connectivity index (χ1n) is 6.20. The summed E-state index contributed by atoms with van der Waals surface area (Å²) in [6.07, 6.45) is 1.18. The summed E-state index contributed by atoms with van der Waals surface area (Å²) in [4.78, 5) is 16.0. The number of hydrogen-bond donors (Lipinski definition) is 1. The molecule has 1 N–H and O–H groups in total. The highest BCUT2D eigenvalue weighted by Gasteiger charge is 2.05. The summed E-state index contributed by atoms with van der Waals surface area (Å²) in [6, 6.07) is 18.3. The van der Waals surface area contributed by atoms with E-state index in [4.69, 9.17) is 4.74 Å². The number of rotatable bonds is 2. The molecule has 0 saturated carbocycles. The third-order valence-corrected chi connectivity index (χ3v) is 2.81. The molecular weight excluding hydrogens is 252 g/mol. The lowest BCUT2D eigenvalue weighted by Crippen LogP contribution is -2.16. The zero-order chi connectivity index (χ0) is 13.8. The average Bonchev–Trinajstić information content (AvgIpc) is 2.48. The number of pyridine rings is 1. The third-order valence-electron chi connectivity index (χ3n) is 2.81. The second-order valence-corrected chi connectivity index (χ2v) is 4.24. The van der Waals surface area contributed by atoms with Crippen LogP contribution in [0.3, 0.4) is 0 Å². The first-order chi connectivity index (χ1) is 9.81. The Kier molecular flexibility index (Phi) is 3.29. The molecule has 1 aromatic heterocycles. The Labute approximate surface area is 116 Å². The monoisotopic (exact) mass is 264 g/mol. The van der Waals surface area contributed by atoms with E-state index in [-0.39, 0.29) is 0 Å². The quantitative estimate of drug-likeness (QED) is 0.765. The third kappa shape index (κ3) is 2.75. The Morgan fingerprint density at radius 3 is 2.70 bits per heavy atom. The van der Waals surface area contributed by atoms with Crippen molar-refractivity contribution < 1.29 is 9.53 Å². The van der Waals surface area contributed by atoms with Crippen LogP contribution in [-0.4, -0.2) is 11.1 Å². The van der Waals surface area contributed by atoms with E-state index in [2.05, 4.69) is 10.3 Å². The number of nitrogens with one attached hydrogen (secondary N) is 1. The minimum atomic E-state index is -0.522. The highest BCUT2D eigenvalue weighted by Crippen LogP contribution is 2.19. The van der Waals surface area contributed by atoms with E-state index in [1.165, 1.54) is 0 Å². The van der Waals surface area contributed by atoms with Gasteiger partial charge in [-0.15, -0.1) is 0 Å². The fourth-order valence-corrected chi connectivity index (χ4v) is 1.88. The van der Waals surface area contributed by atoms with Gasteiger partial charge in [0.25, 0.3) is 0 Å². The van der Waals surface area contributed by atoms with E-state index in [0.29, 0.717) is 11.4 Å². The van der Waals surface area contributed by atoms with Crippen molar-refractivity contribution in [2.75, 3.05) is 5.32 Å². The lowest BCUT2D eigenvalue weighted by atomic mass is 10.2. The van der Waals surface area contributed by atoms with Gasteiger partial charge in [0.1, 0.15) is 5.75 Å². The number of hydrogen-bond acceptors (Lipinski definition) is 3. The normalized spacial score (nSPS) is 10.2. The van der Waals surface area contributed by atoms with Crippen LogP contribution >= 0.6 is 0 Å².